The fourth-order valence-electron chi connectivity index (χ4n) is 0.996. The maximum Gasteiger partial charge on any atom is 0.374 e. The molecule has 6 heteroatoms. The van der Waals surface area contributed by atoms with Crippen LogP contribution in [0.1, 0.15) is 12.5 Å². The molecule has 0 saturated carbocycles. The van der Waals surface area contributed by atoms with Gasteiger partial charge in [-0.05, 0) is 5.56 Å². The van der Waals surface area contributed by atoms with E-state index in [1.165, 1.54) is 0 Å². The first-order chi connectivity index (χ1) is 7.59. The average molecular weight is 224 g/mol. The minimum absolute atomic E-state index is 0.00788. The number of rotatable bonds is 2. The molecule has 0 aliphatic carbocycles. The minimum atomic E-state index is -0.904. The number of hydroxylamine groups is 3. The van der Waals surface area contributed by atoms with Crippen LogP contribution in [0.25, 0.3) is 0 Å². The molecule has 0 unspecified atom stereocenters. The number of nitrogens with zero attached hydrogens (tertiary/aromatic N) is 1. The predicted molar refractivity (Wildman–Crippen MR) is 54.1 cm³/mol. The number of amides is 2. The molecule has 16 heavy (non-hydrogen) atoms. The van der Waals surface area contributed by atoms with Crippen molar-refractivity contribution >= 4 is 12.0 Å². The molecule has 0 radical (unpaired) electrons. The third-order valence-corrected chi connectivity index (χ3v) is 1.69. The molecule has 2 N–H and O–H groups in total. The van der Waals surface area contributed by atoms with E-state index in [9.17, 15) is 14.8 Å². The lowest BCUT2D eigenvalue weighted by Crippen LogP contribution is -2.38. The number of hydrogen-bond donors (Lipinski definition) is 2. The Balaban J connectivity index is 2.43. The monoisotopic (exact) mass is 224 g/mol. The molecule has 0 aromatic heterocycles. The maximum absolute atomic E-state index is 11.1. The highest BCUT2D eigenvalue weighted by Gasteiger charge is 2.11. The fraction of sp³-hybridized carbons (Fsp3) is 0.200. The average Bonchev–Trinajstić information content (AvgIpc) is 2.27. The van der Waals surface area contributed by atoms with E-state index in [4.69, 9.17) is 0 Å². The first-order valence-corrected chi connectivity index (χ1v) is 4.57. The summed E-state index contributed by atoms with van der Waals surface area (Å²) in [6.07, 6.45) is 0. The van der Waals surface area contributed by atoms with E-state index in [0.717, 1.165) is 12.5 Å². The number of carbonyl (C=O) groups excluding carboxylic acids is 2. The summed E-state index contributed by atoms with van der Waals surface area (Å²) in [7, 11) is 0. The normalized spacial score (nSPS) is 9.38. The smallest absolute Gasteiger partial charge is 0.340 e. The van der Waals surface area contributed by atoms with Gasteiger partial charge in [0.25, 0.3) is 0 Å². The molecule has 0 spiro atoms. The Morgan fingerprint density at radius 1 is 1.38 bits per heavy atom. The van der Waals surface area contributed by atoms with Crippen LogP contribution in [0.4, 0.5) is 4.79 Å². The Kier molecular flexibility index (Phi) is 4.28. The van der Waals surface area contributed by atoms with Gasteiger partial charge in [0.1, 0.15) is 0 Å². The van der Waals surface area contributed by atoms with Crippen molar-refractivity contribution in [2.24, 2.45) is 0 Å². The van der Waals surface area contributed by atoms with E-state index in [-0.39, 0.29) is 6.54 Å². The van der Waals surface area contributed by atoms with Crippen molar-refractivity contribution in [1.82, 2.24) is 10.5 Å². The number of benzene rings is 1. The highest BCUT2D eigenvalue weighted by Crippen LogP contribution is 2.02. The molecule has 0 bridgehead atoms. The number of carbonyl (C=O) groups is 2. The molecule has 1 aromatic rings. The lowest BCUT2D eigenvalue weighted by molar-refractivity contribution is -0.148. The third kappa shape index (κ3) is 3.97. The van der Waals surface area contributed by atoms with Crippen LogP contribution in [0.2, 0.25) is 0 Å². The van der Waals surface area contributed by atoms with Crippen LogP contribution in [-0.2, 0) is 16.2 Å². The predicted octanol–water partition coefficient (Wildman–Crippen LogP) is 1.07. The summed E-state index contributed by atoms with van der Waals surface area (Å²) in [6.45, 7) is 1.15. The standard InChI is InChI=1S/C10H12N2O4/c1-8(13)16-11-10(14)12(15)7-9-5-3-2-4-6-9/h2-6,15H,7H2,1H3,(H,11,14). The highest BCUT2D eigenvalue weighted by molar-refractivity contribution is 5.74. The van der Waals surface area contributed by atoms with E-state index < -0.39 is 12.0 Å². The summed E-state index contributed by atoms with van der Waals surface area (Å²) >= 11 is 0. The molecular weight excluding hydrogens is 212 g/mol. The molecule has 0 fully saturated rings. The van der Waals surface area contributed by atoms with Gasteiger partial charge in [-0.1, -0.05) is 30.3 Å². The van der Waals surface area contributed by atoms with Crippen molar-refractivity contribution in [1.29, 1.82) is 0 Å². The van der Waals surface area contributed by atoms with Gasteiger partial charge in [0.2, 0.25) is 0 Å². The summed E-state index contributed by atoms with van der Waals surface area (Å²) in [4.78, 5) is 25.8. The largest absolute Gasteiger partial charge is 0.374 e. The van der Waals surface area contributed by atoms with Gasteiger partial charge in [-0.15, -0.1) is 0 Å². The summed E-state index contributed by atoms with van der Waals surface area (Å²) in [5.74, 6) is -0.665. The van der Waals surface area contributed by atoms with Crippen molar-refractivity contribution in [3.05, 3.63) is 35.9 Å². The van der Waals surface area contributed by atoms with Crippen LogP contribution in [0.15, 0.2) is 30.3 Å². The zero-order valence-electron chi connectivity index (χ0n) is 8.71. The van der Waals surface area contributed by atoms with Crippen LogP contribution >= 0.6 is 0 Å². The number of nitrogens with one attached hydrogen (secondary N) is 1. The first-order valence-electron chi connectivity index (χ1n) is 4.57. The number of urea groups is 1. The molecule has 0 heterocycles. The van der Waals surface area contributed by atoms with Gasteiger partial charge in [0, 0.05) is 6.92 Å². The summed E-state index contributed by atoms with van der Waals surface area (Å²) < 4.78 is 0. The zero-order valence-corrected chi connectivity index (χ0v) is 8.71. The molecule has 1 aromatic carbocycles. The molecular formula is C10H12N2O4. The minimum Gasteiger partial charge on any atom is -0.340 e. The molecule has 0 aliphatic heterocycles. The second-order valence-corrected chi connectivity index (χ2v) is 3.04. The van der Waals surface area contributed by atoms with Crippen molar-refractivity contribution in [3.8, 4) is 0 Å². The summed E-state index contributed by atoms with van der Waals surface area (Å²) in [6, 6.07) is 7.99. The van der Waals surface area contributed by atoms with Gasteiger partial charge in [0.05, 0.1) is 6.54 Å². The molecule has 2 amide bonds. The van der Waals surface area contributed by atoms with Crippen LogP contribution in [-0.4, -0.2) is 22.3 Å². The SMILES string of the molecule is CC(=O)ONC(=O)N(O)Cc1ccccc1. The fourth-order valence-corrected chi connectivity index (χ4v) is 0.996. The van der Waals surface area contributed by atoms with E-state index in [2.05, 4.69) is 4.84 Å². The quantitative estimate of drug-likeness (QED) is 0.581. The Bertz CT molecular complexity index is 366. The first kappa shape index (κ1) is 12.0. The van der Waals surface area contributed by atoms with E-state index in [0.29, 0.717) is 5.06 Å². The van der Waals surface area contributed by atoms with Gasteiger partial charge in [-0.3, -0.25) is 10.0 Å². The molecule has 6 nitrogen and oxygen atoms in total. The second kappa shape index (κ2) is 5.72. The summed E-state index contributed by atoms with van der Waals surface area (Å²) in [5.41, 5.74) is 2.54. The van der Waals surface area contributed by atoms with Gasteiger partial charge in [-0.25, -0.2) is 4.79 Å². The van der Waals surface area contributed by atoms with Crippen LogP contribution in [0.5, 0.6) is 0 Å². The molecule has 86 valence electrons. The van der Waals surface area contributed by atoms with Gasteiger partial charge in [-0.2, -0.15) is 10.5 Å². The Morgan fingerprint density at radius 2 is 2.00 bits per heavy atom. The molecule has 1 rings (SSSR count). The molecule has 0 saturated heterocycles. The Hall–Kier alpha value is -2.08. The third-order valence-electron chi connectivity index (χ3n) is 1.69. The van der Waals surface area contributed by atoms with Crippen molar-refractivity contribution in [2.45, 2.75) is 13.5 Å². The molecule has 0 aliphatic rings. The lowest BCUT2D eigenvalue weighted by Gasteiger charge is -2.14. The Labute approximate surface area is 92.3 Å². The van der Waals surface area contributed by atoms with E-state index in [1.807, 2.05) is 6.07 Å². The number of hydrogen-bond acceptors (Lipinski definition) is 4. The zero-order chi connectivity index (χ0) is 12.0. The lowest BCUT2D eigenvalue weighted by atomic mass is 10.2. The van der Waals surface area contributed by atoms with Crippen molar-refractivity contribution < 1.29 is 19.6 Å². The highest BCUT2D eigenvalue weighted by atomic mass is 16.7. The second-order valence-electron chi connectivity index (χ2n) is 3.04. The molecule has 0 atom stereocenters. The van der Waals surface area contributed by atoms with E-state index >= 15 is 0 Å². The van der Waals surface area contributed by atoms with Crippen LogP contribution in [0.3, 0.4) is 0 Å². The van der Waals surface area contributed by atoms with Gasteiger partial charge in [0.15, 0.2) is 0 Å². The topological polar surface area (TPSA) is 78.9 Å². The Morgan fingerprint density at radius 3 is 2.56 bits per heavy atom. The van der Waals surface area contributed by atoms with Gasteiger partial charge >= 0.3 is 12.0 Å². The van der Waals surface area contributed by atoms with E-state index in [1.54, 1.807) is 29.7 Å². The maximum atomic E-state index is 11.1. The van der Waals surface area contributed by atoms with Crippen LogP contribution < -0.4 is 5.48 Å². The van der Waals surface area contributed by atoms with Crippen LogP contribution in [0, 0.1) is 0 Å². The van der Waals surface area contributed by atoms with Crippen molar-refractivity contribution in [3.63, 3.8) is 0 Å². The summed E-state index contributed by atoms with van der Waals surface area (Å²) in [5, 5.41) is 9.73. The van der Waals surface area contributed by atoms with Gasteiger partial charge < -0.3 is 4.84 Å². The van der Waals surface area contributed by atoms with Crippen molar-refractivity contribution in [2.75, 3.05) is 0 Å².